The third kappa shape index (κ3) is 3.75. The average Bonchev–Trinajstić information content (AvgIpc) is 2.90. The van der Waals surface area contributed by atoms with Crippen LogP contribution < -0.4 is 5.32 Å². The first kappa shape index (κ1) is 17.2. The van der Waals surface area contributed by atoms with Gasteiger partial charge in [-0.2, -0.15) is 0 Å². The van der Waals surface area contributed by atoms with Gasteiger partial charge in [-0.05, 0) is 31.9 Å². The number of amides is 2. The van der Waals surface area contributed by atoms with Crippen LogP contribution in [0.25, 0.3) is 0 Å². The van der Waals surface area contributed by atoms with E-state index in [2.05, 4.69) is 12.2 Å². The van der Waals surface area contributed by atoms with Crippen molar-refractivity contribution < 1.29 is 4.79 Å². The SMILES string of the molecule is CC1CSC(c2c(Cl)cccc2Cl)N1C(=O)NC1CCCCC1. The summed E-state index contributed by atoms with van der Waals surface area (Å²) in [6.07, 6.45) is 5.85. The molecule has 0 aromatic heterocycles. The van der Waals surface area contributed by atoms with Gasteiger partial charge in [-0.1, -0.05) is 48.5 Å². The van der Waals surface area contributed by atoms with Gasteiger partial charge in [0.15, 0.2) is 0 Å². The molecule has 1 aromatic rings. The molecular weight excluding hydrogens is 351 g/mol. The number of thioether (sulfide) groups is 1. The Morgan fingerprint density at radius 1 is 1.22 bits per heavy atom. The molecule has 2 unspecified atom stereocenters. The molecule has 1 aliphatic carbocycles. The van der Waals surface area contributed by atoms with Crippen molar-refractivity contribution in [1.82, 2.24) is 10.2 Å². The zero-order valence-corrected chi connectivity index (χ0v) is 15.6. The number of urea groups is 1. The predicted molar refractivity (Wildman–Crippen MR) is 98.4 cm³/mol. The molecule has 1 aromatic carbocycles. The molecule has 0 radical (unpaired) electrons. The van der Waals surface area contributed by atoms with E-state index >= 15 is 0 Å². The predicted octanol–water partition coefficient (Wildman–Crippen LogP) is 5.47. The van der Waals surface area contributed by atoms with Crippen LogP contribution in [0.4, 0.5) is 4.79 Å². The van der Waals surface area contributed by atoms with Gasteiger partial charge in [0.05, 0.1) is 0 Å². The molecule has 1 aliphatic heterocycles. The molecule has 0 spiro atoms. The van der Waals surface area contributed by atoms with Crippen LogP contribution in [0.15, 0.2) is 18.2 Å². The Balaban J connectivity index is 1.79. The quantitative estimate of drug-likeness (QED) is 0.745. The number of hydrogen-bond acceptors (Lipinski definition) is 2. The van der Waals surface area contributed by atoms with Gasteiger partial charge in [-0.15, -0.1) is 11.8 Å². The summed E-state index contributed by atoms with van der Waals surface area (Å²) in [4.78, 5) is 14.8. The second-order valence-electron chi connectivity index (χ2n) is 6.36. The van der Waals surface area contributed by atoms with E-state index in [1.165, 1.54) is 19.3 Å². The largest absolute Gasteiger partial charge is 0.335 e. The fourth-order valence-corrected chi connectivity index (χ4v) is 5.63. The van der Waals surface area contributed by atoms with Crippen LogP contribution in [0.1, 0.15) is 50.0 Å². The normalized spacial score (nSPS) is 25.6. The highest BCUT2D eigenvalue weighted by Gasteiger charge is 2.38. The van der Waals surface area contributed by atoms with Gasteiger partial charge < -0.3 is 10.2 Å². The zero-order valence-electron chi connectivity index (χ0n) is 13.2. The minimum Gasteiger partial charge on any atom is -0.335 e. The number of rotatable bonds is 2. The van der Waals surface area contributed by atoms with E-state index in [-0.39, 0.29) is 17.4 Å². The van der Waals surface area contributed by atoms with Crippen LogP contribution in [-0.2, 0) is 0 Å². The second kappa shape index (κ2) is 7.54. The smallest absolute Gasteiger partial charge is 0.319 e. The summed E-state index contributed by atoms with van der Waals surface area (Å²) < 4.78 is 0. The van der Waals surface area contributed by atoms with Crippen molar-refractivity contribution in [3.8, 4) is 0 Å². The summed E-state index contributed by atoms with van der Waals surface area (Å²) >= 11 is 14.5. The van der Waals surface area contributed by atoms with Gasteiger partial charge in [-0.25, -0.2) is 4.79 Å². The minimum atomic E-state index is -0.116. The fourth-order valence-electron chi connectivity index (χ4n) is 3.39. The summed E-state index contributed by atoms with van der Waals surface area (Å²) in [5, 5.41) is 4.35. The van der Waals surface area contributed by atoms with E-state index in [0.717, 1.165) is 24.2 Å². The van der Waals surface area contributed by atoms with Gasteiger partial charge in [0, 0.05) is 33.4 Å². The Labute approximate surface area is 152 Å². The van der Waals surface area contributed by atoms with Crippen molar-refractivity contribution in [3.05, 3.63) is 33.8 Å². The minimum absolute atomic E-state index is 0.00962. The monoisotopic (exact) mass is 372 g/mol. The molecule has 2 fully saturated rings. The van der Waals surface area contributed by atoms with E-state index in [4.69, 9.17) is 23.2 Å². The van der Waals surface area contributed by atoms with Crippen molar-refractivity contribution in [1.29, 1.82) is 0 Å². The lowest BCUT2D eigenvalue weighted by atomic mass is 9.96. The third-order valence-electron chi connectivity index (χ3n) is 4.64. The van der Waals surface area contributed by atoms with Crippen LogP contribution in [0.5, 0.6) is 0 Å². The highest BCUT2D eigenvalue weighted by Crippen LogP contribution is 2.46. The van der Waals surface area contributed by atoms with Crippen LogP contribution >= 0.6 is 35.0 Å². The number of nitrogens with zero attached hydrogens (tertiary/aromatic N) is 1. The maximum atomic E-state index is 12.8. The maximum Gasteiger partial charge on any atom is 0.319 e. The molecule has 1 heterocycles. The summed E-state index contributed by atoms with van der Waals surface area (Å²) in [5.74, 6) is 0.893. The lowest BCUT2D eigenvalue weighted by molar-refractivity contribution is 0.177. The Bertz CT molecular complexity index is 557. The summed E-state index contributed by atoms with van der Waals surface area (Å²) in [6.45, 7) is 2.08. The molecule has 23 heavy (non-hydrogen) atoms. The van der Waals surface area contributed by atoms with Crippen molar-refractivity contribution in [2.24, 2.45) is 0 Å². The molecular formula is C17H22Cl2N2OS. The molecule has 1 N–H and O–H groups in total. The fraction of sp³-hybridized carbons (Fsp3) is 0.588. The van der Waals surface area contributed by atoms with Gasteiger partial charge >= 0.3 is 6.03 Å². The van der Waals surface area contributed by atoms with Crippen molar-refractivity contribution in [2.75, 3.05) is 5.75 Å². The lowest BCUT2D eigenvalue weighted by Gasteiger charge is -2.32. The number of halogens is 2. The Hall–Kier alpha value is -0.580. The third-order valence-corrected chi connectivity index (χ3v) is 6.75. The number of carbonyl (C=O) groups is 1. The Morgan fingerprint density at radius 2 is 1.87 bits per heavy atom. The van der Waals surface area contributed by atoms with E-state index in [1.54, 1.807) is 11.8 Å². The molecule has 1 saturated heterocycles. The van der Waals surface area contributed by atoms with E-state index in [9.17, 15) is 4.79 Å². The van der Waals surface area contributed by atoms with Gasteiger partial charge in [0.1, 0.15) is 5.37 Å². The molecule has 2 amide bonds. The first-order valence-corrected chi connectivity index (χ1v) is 10.0. The number of hydrogen-bond donors (Lipinski definition) is 1. The van der Waals surface area contributed by atoms with E-state index in [1.807, 2.05) is 23.1 Å². The molecule has 6 heteroatoms. The van der Waals surface area contributed by atoms with Crippen molar-refractivity contribution in [3.63, 3.8) is 0 Å². The number of benzene rings is 1. The van der Waals surface area contributed by atoms with Crippen LogP contribution in [0, 0.1) is 0 Å². The van der Waals surface area contributed by atoms with E-state index in [0.29, 0.717) is 16.1 Å². The maximum absolute atomic E-state index is 12.8. The number of carbonyl (C=O) groups excluding carboxylic acids is 1. The van der Waals surface area contributed by atoms with E-state index < -0.39 is 0 Å². The van der Waals surface area contributed by atoms with Crippen molar-refractivity contribution >= 4 is 41.0 Å². The molecule has 1 saturated carbocycles. The van der Waals surface area contributed by atoms with Gasteiger partial charge in [0.25, 0.3) is 0 Å². The molecule has 3 rings (SSSR count). The van der Waals surface area contributed by atoms with Gasteiger partial charge in [-0.3, -0.25) is 0 Å². The number of nitrogens with one attached hydrogen (secondary N) is 1. The standard InChI is InChI=1S/C17H22Cl2N2OS/c1-11-10-23-16(15-13(18)8-5-9-14(15)19)21(11)17(22)20-12-6-3-2-4-7-12/h5,8-9,11-12,16H,2-4,6-7,10H2,1H3,(H,20,22). The first-order valence-electron chi connectivity index (χ1n) is 8.22. The van der Waals surface area contributed by atoms with Gasteiger partial charge in [0.2, 0.25) is 0 Å². The van der Waals surface area contributed by atoms with Crippen LogP contribution in [-0.4, -0.2) is 28.8 Å². The Morgan fingerprint density at radius 3 is 2.52 bits per heavy atom. The van der Waals surface area contributed by atoms with Crippen molar-refractivity contribution in [2.45, 2.75) is 56.5 Å². The molecule has 2 atom stereocenters. The summed E-state index contributed by atoms with van der Waals surface area (Å²) in [7, 11) is 0. The zero-order chi connectivity index (χ0) is 16.4. The summed E-state index contributed by atoms with van der Waals surface area (Å²) in [5.41, 5.74) is 0.851. The molecule has 126 valence electrons. The molecule has 3 nitrogen and oxygen atoms in total. The molecule has 2 aliphatic rings. The van der Waals surface area contributed by atoms with Crippen LogP contribution in [0.2, 0.25) is 10.0 Å². The topological polar surface area (TPSA) is 32.3 Å². The molecule has 0 bridgehead atoms. The summed E-state index contributed by atoms with van der Waals surface area (Å²) in [6, 6.07) is 5.99. The van der Waals surface area contributed by atoms with Crippen LogP contribution in [0.3, 0.4) is 0 Å². The average molecular weight is 373 g/mol. The highest BCUT2D eigenvalue weighted by atomic mass is 35.5. The Kier molecular flexibility index (Phi) is 5.65. The second-order valence-corrected chi connectivity index (χ2v) is 8.29. The first-order chi connectivity index (χ1) is 11.1. The highest BCUT2D eigenvalue weighted by molar-refractivity contribution is 7.99. The lowest BCUT2D eigenvalue weighted by Crippen LogP contribution is -2.47.